The van der Waals surface area contributed by atoms with Crippen molar-refractivity contribution in [3.8, 4) is 0 Å². The van der Waals surface area contributed by atoms with E-state index in [0.29, 0.717) is 17.9 Å². The molecule has 1 aliphatic heterocycles. The predicted molar refractivity (Wildman–Crippen MR) is 59.7 cm³/mol. The molecule has 2 aliphatic rings. The highest BCUT2D eigenvalue weighted by Crippen LogP contribution is 2.32. The molecule has 0 aromatic heterocycles. The molecule has 1 heterocycles. The van der Waals surface area contributed by atoms with E-state index in [-0.39, 0.29) is 6.10 Å². The zero-order valence-corrected chi connectivity index (χ0v) is 9.85. The molecule has 0 spiro atoms. The van der Waals surface area contributed by atoms with Gasteiger partial charge in [-0.15, -0.1) is 0 Å². The van der Waals surface area contributed by atoms with E-state index in [1.54, 1.807) is 0 Å². The standard InChI is InChI=1S/C12H23NO2/c1-9-7-10(2)12(11(14)8-9)13-3-5-15-6-4-13/h9-12,14H,3-8H2,1-2H3. The highest BCUT2D eigenvalue weighted by Gasteiger charge is 2.36. The van der Waals surface area contributed by atoms with Gasteiger partial charge in [0.25, 0.3) is 0 Å². The first-order chi connectivity index (χ1) is 7.18. The fourth-order valence-electron chi connectivity index (χ4n) is 3.28. The van der Waals surface area contributed by atoms with E-state index in [9.17, 15) is 5.11 Å². The third-order valence-corrected chi connectivity index (χ3v) is 3.86. The number of aliphatic hydroxyl groups is 1. The lowest BCUT2D eigenvalue weighted by atomic mass is 9.77. The maximum atomic E-state index is 10.2. The summed E-state index contributed by atoms with van der Waals surface area (Å²) >= 11 is 0. The predicted octanol–water partition coefficient (Wildman–Crippen LogP) is 1.11. The zero-order chi connectivity index (χ0) is 10.8. The molecular formula is C12H23NO2. The Morgan fingerprint density at radius 3 is 2.40 bits per heavy atom. The topological polar surface area (TPSA) is 32.7 Å². The van der Waals surface area contributed by atoms with Gasteiger partial charge in [0.2, 0.25) is 0 Å². The summed E-state index contributed by atoms with van der Waals surface area (Å²) in [5, 5.41) is 10.2. The van der Waals surface area contributed by atoms with Crippen LogP contribution in [0.5, 0.6) is 0 Å². The van der Waals surface area contributed by atoms with Crippen LogP contribution in [0, 0.1) is 11.8 Å². The van der Waals surface area contributed by atoms with Crippen LogP contribution in [-0.2, 0) is 4.74 Å². The number of hydrogen-bond donors (Lipinski definition) is 1. The van der Waals surface area contributed by atoms with Crippen LogP contribution in [0.4, 0.5) is 0 Å². The molecule has 0 bridgehead atoms. The van der Waals surface area contributed by atoms with E-state index in [2.05, 4.69) is 18.7 Å². The van der Waals surface area contributed by atoms with E-state index < -0.39 is 0 Å². The van der Waals surface area contributed by atoms with E-state index >= 15 is 0 Å². The van der Waals surface area contributed by atoms with Crippen molar-refractivity contribution in [2.24, 2.45) is 11.8 Å². The third-order valence-electron chi connectivity index (χ3n) is 3.86. The Morgan fingerprint density at radius 2 is 1.80 bits per heavy atom. The highest BCUT2D eigenvalue weighted by atomic mass is 16.5. The van der Waals surface area contributed by atoms with Crippen molar-refractivity contribution in [2.45, 2.75) is 38.8 Å². The van der Waals surface area contributed by atoms with Crippen molar-refractivity contribution in [2.75, 3.05) is 26.3 Å². The largest absolute Gasteiger partial charge is 0.391 e. The first-order valence-corrected chi connectivity index (χ1v) is 6.18. The molecule has 1 saturated carbocycles. The van der Waals surface area contributed by atoms with Crippen LogP contribution in [0.15, 0.2) is 0 Å². The molecule has 15 heavy (non-hydrogen) atoms. The molecule has 0 amide bonds. The average Bonchev–Trinajstić information content (AvgIpc) is 2.17. The maximum Gasteiger partial charge on any atom is 0.0700 e. The summed E-state index contributed by atoms with van der Waals surface area (Å²) in [6.07, 6.45) is 2.08. The minimum atomic E-state index is -0.137. The lowest BCUT2D eigenvalue weighted by Crippen LogP contribution is -2.54. The van der Waals surface area contributed by atoms with Gasteiger partial charge in [0.1, 0.15) is 0 Å². The Kier molecular flexibility index (Phi) is 3.65. The molecule has 1 saturated heterocycles. The summed E-state index contributed by atoms with van der Waals surface area (Å²) in [6, 6.07) is 0.366. The van der Waals surface area contributed by atoms with Crippen LogP contribution >= 0.6 is 0 Å². The molecule has 2 rings (SSSR count). The second-order valence-electron chi connectivity index (χ2n) is 5.26. The van der Waals surface area contributed by atoms with Gasteiger partial charge in [-0.25, -0.2) is 0 Å². The van der Waals surface area contributed by atoms with Crippen molar-refractivity contribution in [1.29, 1.82) is 0 Å². The van der Waals surface area contributed by atoms with E-state index in [4.69, 9.17) is 4.74 Å². The summed E-state index contributed by atoms with van der Waals surface area (Å²) in [6.45, 7) is 8.14. The molecular weight excluding hydrogens is 190 g/mol. The summed E-state index contributed by atoms with van der Waals surface area (Å²) < 4.78 is 5.36. The van der Waals surface area contributed by atoms with Crippen molar-refractivity contribution in [3.05, 3.63) is 0 Å². The lowest BCUT2D eigenvalue weighted by Gasteiger charge is -2.44. The fourth-order valence-corrected chi connectivity index (χ4v) is 3.28. The molecule has 0 aromatic carbocycles. The first-order valence-electron chi connectivity index (χ1n) is 6.18. The molecule has 1 aliphatic carbocycles. The summed E-state index contributed by atoms with van der Waals surface area (Å²) in [5.41, 5.74) is 0. The van der Waals surface area contributed by atoms with Crippen molar-refractivity contribution < 1.29 is 9.84 Å². The van der Waals surface area contributed by atoms with Gasteiger partial charge >= 0.3 is 0 Å². The molecule has 0 aromatic rings. The molecule has 2 fully saturated rings. The fraction of sp³-hybridized carbons (Fsp3) is 1.00. The van der Waals surface area contributed by atoms with Crippen LogP contribution in [0.1, 0.15) is 26.7 Å². The van der Waals surface area contributed by atoms with Crippen molar-refractivity contribution in [1.82, 2.24) is 4.90 Å². The van der Waals surface area contributed by atoms with Gasteiger partial charge in [-0.3, -0.25) is 4.90 Å². The van der Waals surface area contributed by atoms with Gasteiger partial charge < -0.3 is 9.84 Å². The highest BCUT2D eigenvalue weighted by molar-refractivity contribution is 4.90. The zero-order valence-electron chi connectivity index (χ0n) is 9.85. The van der Waals surface area contributed by atoms with Crippen LogP contribution in [-0.4, -0.2) is 48.5 Å². The van der Waals surface area contributed by atoms with E-state index in [1.807, 2.05) is 0 Å². The SMILES string of the molecule is CC1CC(C)C(N2CCOCC2)C(O)C1. The number of ether oxygens (including phenoxy) is 1. The Labute approximate surface area is 92.4 Å². The second kappa shape index (κ2) is 4.81. The molecule has 88 valence electrons. The van der Waals surface area contributed by atoms with E-state index in [0.717, 1.165) is 32.7 Å². The van der Waals surface area contributed by atoms with Gasteiger partial charge in [-0.2, -0.15) is 0 Å². The minimum Gasteiger partial charge on any atom is -0.391 e. The van der Waals surface area contributed by atoms with Gasteiger partial charge in [0.05, 0.1) is 19.3 Å². The van der Waals surface area contributed by atoms with Gasteiger partial charge in [-0.05, 0) is 24.7 Å². The van der Waals surface area contributed by atoms with Gasteiger partial charge in [0.15, 0.2) is 0 Å². The number of rotatable bonds is 1. The first kappa shape index (κ1) is 11.4. The molecule has 3 heteroatoms. The van der Waals surface area contributed by atoms with Crippen molar-refractivity contribution in [3.63, 3.8) is 0 Å². The Bertz CT molecular complexity index is 192. The number of aliphatic hydroxyl groups excluding tert-OH is 1. The smallest absolute Gasteiger partial charge is 0.0700 e. The molecule has 4 atom stereocenters. The van der Waals surface area contributed by atoms with Crippen LogP contribution in [0.2, 0.25) is 0 Å². The summed E-state index contributed by atoms with van der Waals surface area (Å²) in [5.74, 6) is 1.29. The lowest BCUT2D eigenvalue weighted by molar-refractivity contribution is -0.0634. The van der Waals surface area contributed by atoms with Crippen molar-refractivity contribution >= 4 is 0 Å². The maximum absolute atomic E-state index is 10.2. The van der Waals surface area contributed by atoms with Crippen LogP contribution in [0.25, 0.3) is 0 Å². The second-order valence-corrected chi connectivity index (χ2v) is 5.26. The normalized spacial score (nSPS) is 44.2. The average molecular weight is 213 g/mol. The number of hydrogen-bond acceptors (Lipinski definition) is 3. The quantitative estimate of drug-likeness (QED) is 0.708. The van der Waals surface area contributed by atoms with Crippen LogP contribution in [0.3, 0.4) is 0 Å². The molecule has 3 nitrogen and oxygen atoms in total. The van der Waals surface area contributed by atoms with Gasteiger partial charge in [-0.1, -0.05) is 13.8 Å². The third kappa shape index (κ3) is 2.52. The Hall–Kier alpha value is -0.120. The Morgan fingerprint density at radius 1 is 1.13 bits per heavy atom. The minimum absolute atomic E-state index is 0.137. The number of morpholine rings is 1. The van der Waals surface area contributed by atoms with Crippen LogP contribution < -0.4 is 0 Å². The molecule has 4 unspecified atom stereocenters. The number of nitrogens with zero attached hydrogens (tertiary/aromatic N) is 1. The van der Waals surface area contributed by atoms with E-state index in [1.165, 1.54) is 6.42 Å². The molecule has 0 radical (unpaired) electrons. The Balaban J connectivity index is 1.99. The summed E-state index contributed by atoms with van der Waals surface area (Å²) in [4.78, 5) is 2.42. The monoisotopic (exact) mass is 213 g/mol. The summed E-state index contributed by atoms with van der Waals surface area (Å²) in [7, 11) is 0. The van der Waals surface area contributed by atoms with Gasteiger partial charge in [0, 0.05) is 19.1 Å². The molecule has 1 N–H and O–H groups in total.